The van der Waals surface area contributed by atoms with E-state index in [0.29, 0.717) is 0 Å². The van der Waals surface area contributed by atoms with Gasteiger partial charge in [0.25, 0.3) is 0 Å². The summed E-state index contributed by atoms with van der Waals surface area (Å²) in [6, 6.07) is -0.815. The van der Waals surface area contributed by atoms with Crippen LogP contribution < -0.4 is 5.73 Å². The number of rotatable bonds is 3. The van der Waals surface area contributed by atoms with Gasteiger partial charge >= 0.3 is 5.97 Å². The Kier molecular flexibility index (Phi) is 1.63. The second-order valence-electron chi connectivity index (χ2n) is 3.46. The average Bonchev–Trinajstić information content (AvgIpc) is 2.72. The van der Waals surface area contributed by atoms with Gasteiger partial charge in [0, 0.05) is 11.6 Å². The Morgan fingerprint density at radius 1 is 1.77 bits per heavy atom. The SMILES string of the molecule is NC(C(=O)O)C1(c2cn[nH]c2)CC1. The minimum absolute atomic E-state index is 0.362. The minimum atomic E-state index is -0.946. The monoisotopic (exact) mass is 181 g/mol. The van der Waals surface area contributed by atoms with Crippen LogP contribution in [0.3, 0.4) is 0 Å². The third-order valence-corrected chi connectivity index (χ3v) is 2.72. The number of carboxylic acids is 1. The molecule has 1 aromatic heterocycles. The Bertz CT molecular complexity index is 316. The van der Waals surface area contributed by atoms with Crippen LogP contribution in [0, 0.1) is 0 Å². The lowest BCUT2D eigenvalue weighted by atomic mass is 9.91. The maximum absolute atomic E-state index is 10.7. The van der Waals surface area contributed by atoms with Crippen LogP contribution in [0.15, 0.2) is 12.4 Å². The molecule has 1 saturated carbocycles. The molecule has 1 unspecified atom stereocenters. The van der Waals surface area contributed by atoms with Gasteiger partial charge in [-0.2, -0.15) is 5.10 Å². The highest BCUT2D eigenvalue weighted by molar-refractivity contribution is 5.76. The minimum Gasteiger partial charge on any atom is -0.480 e. The Labute approximate surface area is 74.9 Å². The van der Waals surface area contributed by atoms with Gasteiger partial charge in [0.2, 0.25) is 0 Å². The summed E-state index contributed by atoms with van der Waals surface area (Å²) in [5, 5.41) is 15.3. The second-order valence-corrected chi connectivity index (χ2v) is 3.46. The van der Waals surface area contributed by atoms with E-state index in [1.54, 1.807) is 12.4 Å². The fourth-order valence-electron chi connectivity index (χ4n) is 1.67. The van der Waals surface area contributed by atoms with Gasteiger partial charge in [-0.3, -0.25) is 9.89 Å². The standard InChI is InChI=1S/C8H11N3O2/c9-6(7(12)13)8(1-2-8)5-3-10-11-4-5/h3-4,6H,1-2,9H2,(H,10,11)(H,12,13). The number of carboxylic acid groups (broad SMARTS) is 1. The Morgan fingerprint density at radius 2 is 2.46 bits per heavy atom. The summed E-state index contributed by atoms with van der Waals surface area (Å²) in [5.74, 6) is -0.946. The summed E-state index contributed by atoms with van der Waals surface area (Å²) in [4.78, 5) is 10.7. The number of aromatic amines is 1. The number of nitrogens with zero attached hydrogens (tertiary/aromatic N) is 1. The van der Waals surface area contributed by atoms with Gasteiger partial charge < -0.3 is 10.8 Å². The maximum atomic E-state index is 10.7. The molecule has 1 heterocycles. The molecule has 0 aromatic carbocycles. The molecule has 1 fully saturated rings. The molecule has 1 atom stereocenters. The van der Waals surface area contributed by atoms with Gasteiger partial charge in [-0.1, -0.05) is 0 Å². The van der Waals surface area contributed by atoms with E-state index in [1.165, 1.54) is 0 Å². The molecule has 13 heavy (non-hydrogen) atoms. The zero-order valence-corrected chi connectivity index (χ0v) is 7.03. The van der Waals surface area contributed by atoms with Crippen LogP contribution >= 0.6 is 0 Å². The van der Waals surface area contributed by atoms with Crippen molar-refractivity contribution in [3.8, 4) is 0 Å². The molecule has 1 aliphatic rings. The fraction of sp³-hybridized carbons (Fsp3) is 0.500. The van der Waals surface area contributed by atoms with Gasteiger partial charge in [0.1, 0.15) is 6.04 Å². The highest BCUT2D eigenvalue weighted by Gasteiger charge is 2.52. The number of nitrogens with two attached hydrogens (primary N) is 1. The number of nitrogens with one attached hydrogen (secondary N) is 1. The van der Waals surface area contributed by atoms with Crippen molar-refractivity contribution in [1.82, 2.24) is 10.2 Å². The number of aromatic nitrogens is 2. The van der Waals surface area contributed by atoms with Gasteiger partial charge in [-0.15, -0.1) is 0 Å². The number of hydrogen-bond donors (Lipinski definition) is 3. The van der Waals surface area contributed by atoms with E-state index < -0.39 is 12.0 Å². The van der Waals surface area contributed by atoms with E-state index in [4.69, 9.17) is 10.8 Å². The van der Waals surface area contributed by atoms with Crippen molar-refractivity contribution in [2.45, 2.75) is 24.3 Å². The van der Waals surface area contributed by atoms with Crippen LogP contribution in [0.5, 0.6) is 0 Å². The third kappa shape index (κ3) is 1.12. The molecule has 0 aliphatic heterocycles. The molecular weight excluding hydrogens is 170 g/mol. The topological polar surface area (TPSA) is 92.0 Å². The molecule has 0 radical (unpaired) electrons. The molecule has 0 amide bonds. The Morgan fingerprint density at radius 3 is 2.85 bits per heavy atom. The van der Waals surface area contributed by atoms with E-state index in [0.717, 1.165) is 18.4 Å². The molecule has 5 nitrogen and oxygen atoms in total. The molecule has 2 rings (SSSR count). The van der Waals surface area contributed by atoms with Crippen molar-refractivity contribution in [2.24, 2.45) is 5.73 Å². The number of hydrogen-bond acceptors (Lipinski definition) is 3. The first-order valence-corrected chi connectivity index (χ1v) is 4.14. The number of H-pyrrole nitrogens is 1. The second kappa shape index (κ2) is 2.56. The normalized spacial score (nSPS) is 21.0. The zero-order chi connectivity index (χ0) is 9.47. The predicted molar refractivity (Wildman–Crippen MR) is 45.1 cm³/mol. The van der Waals surface area contributed by atoms with Crippen LogP contribution in [0.2, 0.25) is 0 Å². The molecule has 0 saturated heterocycles. The van der Waals surface area contributed by atoms with Gasteiger partial charge in [0.05, 0.1) is 6.20 Å². The molecule has 1 aliphatic carbocycles. The first kappa shape index (κ1) is 8.25. The lowest BCUT2D eigenvalue weighted by molar-refractivity contribution is -0.139. The Hall–Kier alpha value is -1.36. The fourth-order valence-corrected chi connectivity index (χ4v) is 1.67. The molecule has 1 aromatic rings. The van der Waals surface area contributed by atoms with E-state index in [2.05, 4.69) is 10.2 Å². The van der Waals surface area contributed by atoms with Crippen molar-refractivity contribution in [2.75, 3.05) is 0 Å². The summed E-state index contributed by atoms with van der Waals surface area (Å²) in [7, 11) is 0. The van der Waals surface area contributed by atoms with Gasteiger partial charge in [0.15, 0.2) is 0 Å². The maximum Gasteiger partial charge on any atom is 0.321 e. The van der Waals surface area contributed by atoms with E-state index in [1.807, 2.05) is 0 Å². The van der Waals surface area contributed by atoms with Crippen LogP contribution in [0.1, 0.15) is 18.4 Å². The van der Waals surface area contributed by atoms with Crippen molar-refractivity contribution in [3.63, 3.8) is 0 Å². The van der Waals surface area contributed by atoms with Gasteiger partial charge in [-0.05, 0) is 18.4 Å². The van der Waals surface area contributed by atoms with Crippen LogP contribution in [-0.2, 0) is 10.2 Å². The van der Waals surface area contributed by atoms with Crippen LogP contribution in [0.25, 0.3) is 0 Å². The zero-order valence-electron chi connectivity index (χ0n) is 7.03. The number of carbonyl (C=O) groups is 1. The van der Waals surface area contributed by atoms with Crippen molar-refractivity contribution in [3.05, 3.63) is 18.0 Å². The highest BCUT2D eigenvalue weighted by atomic mass is 16.4. The van der Waals surface area contributed by atoms with Crippen molar-refractivity contribution < 1.29 is 9.90 Å². The Balaban J connectivity index is 2.27. The first-order chi connectivity index (χ1) is 6.17. The molecular formula is C8H11N3O2. The smallest absolute Gasteiger partial charge is 0.321 e. The summed E-state index contributed by atoms with van der Waals surface area (Å²) in [6.45, 7) is 0. The molecule has 4 N–H and O–H groups in total. The van der Waals surface area contributed by atoms with Crippen LogP contribution in [-0.4, -0.2) is 27.3 Å². The van der Waals surface area contributed by atoms with E-state index in [9.17, 15) is 4.79 Å². The third-order valence-electron chi connectivity index (χ3n) is 2.72. The summed E-state index contributed by atoms with van der Waals surface area (Å²) >= 11 is 0. The quantitative estimate of drug-likeness (QED) is 0.604. The molecule has 0 spiro atoms. The van der Waals surface area contributed by atoms with E-state index >= 15 is 0 Å². The number of aliphatic carboxylic acids is 1. The molecule has 5 heteroatoms. The van der Waals surface area contributed by atoms with Gasteiger partial charge in [-0.25, -0.2) is 0 Å². The van der Waals surface area contributed by atoms with Crippen molar-refractivity contribution >= 4 is 5.97 Å². The summed E-state index contributed by atoms with van der Waals surface area (Å²) in [5.41, 5.74) is 6.15. The largest absolute Gasteiger partial charge is 0.480 e. The summed E-state index contributed by atoms with van der Waals surface area (Å²) < 4.78 is 0. The molecule has 0 bridgehead atoms. The van der Waals surface area contributed by atoms with E-state index in [-0.39, 0.29) is 5.41 Å². The lowest BCUT2D eigenvalue weighted by Gasteiger charge is -2.17. The predicted octanol–water partition coefficient (Wildman–Crippen LogP) is -0.147. The van der Waals surface area contributed by atoms with Crippen LogP contribution in [0.4, 0.5) is 0 Å². The summed E-state index contributed by atoms with van der Waals surface area (Å²) in [6.07, 6.45) is 5.03. The first-order valence-electron chi connectivity index (χ1n) is 4.14. The average molecular weight is 181 g/mol. The lowest BCUT2D eigenvalue weighted by Crippen LogP contribution is -2.41. The molecule has 70 valence electrons. The van der Waals surface area contributed by atoms with Crippen molar-refractivity contribution in [1.29, 1.82) is 0 Å². The highest BCUT2D eigenvalue weighted by Crippen LogP contribution is 2.50.